The summed E-state index contributed by atoms with van der Waals surface area (Å²) in [4.78, 5) is 12.7. The van der Waals surface area contributed by atoms with Gasteiger partial charge >= 0.3 is 0 Å². The molecule has 1 N–H and O–H groups in total. The molecular formula is C22H27FN2O5S. The number of hydrogen-bond acceptors (Lipinski definition) is 5. The number of halogens is 1. The second-order valence-corrected chi connectivity index (χ2v) is 9.30. The molecule has 0 aliphatic heterocycles. The molecule has 0 heterocycles. The Morgan fingerprint density at radius 3 is 2.29 bits per heavy atom. The summed E-state index contributed by atoms with van der Waals surface area (Å²) in [5, 5.41) is 2.65. The van der Waals surface area contributed by atoms with Gasteiger partial charge in [-0.3, -0.25) is 4.79 Å². The molecule has 0 aromatic heterocycles. The standard InChI is InChI=1S/C22H27FN2O5S/c1-29-20-13-12-19(14-21(20)30-2)31(27,28)25(18-6-4-3-5-7-18)15-22(26)24-17-10-8-16(23)9-11-17/h8-14,18H,3-7,15H2,1-2H3,(H,24,26). The minimum atomic E-state index is -3.98. The largest absolute Gasteiger partial charge is 0.493 e. The average Bonchev–Trinajstić information content (AvgIpc) is 2.79. The minimum absolute atomic E-state index is 0.0327. The van der Waals surface area contributed by atoms with Gasteiger partial charge in [-0.1, -0.05) is 19.3 Å². The van der Waals surface area contributed by atoms with Crippen LogP contribution in [-0.2, 0) is 14.8 Å². The molecule has 168 valence electrons. The number of carbonyl (C=O) groups excluding carboxylic acids is 1. The molecule has 31 heavy (non-hydrogen) atoms. The Morgan fingerprint density at radius 2 is 1.68 bits per heavy atom. The molecule has 0 unspecified atom stereocenters. The maximum atomic E-state index is 13.5. The molecule has 7 nitrogen and oxygen atoms in total. The van der Waals surface area contributed by atoms with Crippen molar-refractivity contribution in [2.75, 3.05) is 26.1 Å². The summed E-state index contributed by atoms with van der Waals surface area (Å²) < 4.78 is 51.9. The van der Waals surface area contributed by atoms with E-state index in [4.69, 9.17) is 9.47 Å². The Balaban J connectivity index is 1.88. The van der Waals surface area contributed by atoms with Crippen molar-refractivity contribution in [1.82, 2.24) is 4.31 Å². The van der Waals surface area contributed by atoms with Crippen LogP contribution in [0.3, 0.4) is 0 Å². The number of ether oxygens (including phenoxy) is 2. The summed E-state index contributed by atoms with van der Waals surface area (Å²) in [6.07, 6.45) is 4.24. The van der Waals surface area contributed by atoms with Crippen molar-refractivity contribution >= 4 is 21.6 Å². The zero-order chi connectivity index (χ0) is 22.4. The van der Waals surface area contributed by atoms with Crippen molar-refractivity contribution in [3.8, 4) is 11.5 Å². The van der Waals surface area contributed by atoms with Crippen LogP contribution in [-0.4, -0.2) is 45.4 Å². The Morgan fingerprint density at radius 1 is 1.03 bits per heavy atom. The number of benzene rings is 2. The lowest BCUT2D eigenvalue weighted by Gasteiger charge is -2.33. The van der Waals surface area contributed by atoms with E-state index in [2.05, 4.69) is 5.32 Å². The molecule has 1 aliphatic rings. The van der Waals surface area contributed by atoms with Gasteiger partial charge in [-0.15, -0.1) is 0 Å². The van der Waals surface area contributed by atoms with Crippen LogP contribution in [0, 0.1) is 5.82 Å². The molecule has 0 spiro atoms. The highest BCUT2D eigenvalue weighted by Crippen LogP contribution is 2.33. The van der Waals surface area contributed by atoms with Crippen LogP contribution >= 0.6 is 0 Å². The third-order valence-corrected chi connectivity index (χ3v) is 7.27. The molecule has 0 atom stereocenters. The lowest BCUT2D eigenvalue weighted by Crippen LogP contribution is -2.45. The third kappa shape index (κ3) is 5.54. The van der Waals surface area contributed by atoms with Crippen LogP contribution in [0.15, 0.2) is 47.4 Å². The summed E-state index contributed by atoms with van der Waals surface area (Å²) in [5.41, 5.74) is 0.401. The van der Waals surface area contributed by atoms with Crippen molar-refractivity contribution in [1.29, 1.82) is 0 Å². The number of nitrogens with zero attached hydrogens (tertiary/aromatic N) is 1. The fourth-order valence-corrected chi connectivity index (χ4v) is 5.42. The summed E-state index contributed by atoms with van der Waals surface area (Å²) in [6.45, 7) is -0.335. The Labute approximate surface area is 182 Å². The van der Waals surface area contributed by atoms with Gasteiger partial charge in [0, 0.05) is 17.8 Å². The predicted octanol–water partition coefficient (Wildman–Crippen LogP) is 3.81. The maximum absolute atomic E-state index is 13.5. The van der Waals surface area contributed by atoms with Crippen LogP contribution in [0.25, 0.3) is 0 Å². The second kappa shape index (κ2) is 10.1. The van der Waals surface area contributed by atoms with Gasteiger partial charge in [0.2, 0.25) is 15.9 Å². The van der Waals surface area contributed by atoms with E-state index in [1.54, 1.807) is 0 Å². The van der Waals surface area contributed by atoms with Crippen molar-refractivity contribution in [3.63, 3.8) is 0 Å². The third-order valence-electron chi connectivity index (χ3n) is 5.37. The average molecular weight is 451 g/mol. The molecule has 2 aromatic carbocycles. The molecule has 0 saturated heterocycles. The van der Waals surface area contributed by atoms with Crippen molar-refractivity contribution in [3.05, 3.63) is 48.3 Å². The highest BCUT2D eigenvalue weighted by atomic mass is 32.2. The molecule has 0 bridgehead atoms. The number of hydrogen-bond donors (Lipinski definition) is 1. The van der Waals surface area contributed by atoms with Gasteiger partial charge in [0.25, 0.3) is 0 Å². The summed E-state index contributed by atoms with van der Waals surface area (Å²) in [6, 6.07) is 9.44. The van der Waals surface area contributed by atoms with Crippen LogP contribution in [0.5, 0.6) is 11.5 Å². The highest BCUT2D eigenvalue weighted by molar-refractivity contribution is 7.89. The van der Waals surface area contributed by atoms with E-state index in [9.17, 15) is 17.6 Å². The number of nitrogens with one attached hydrogen (secondary N) is 1. The summed E-state index contributed by atoms with van der Waals surface area (Å²) in [7, 11) is -1.07. The smallest absolute Gasteiger partial charge is 0.243 e. The highest BCUT2D eigenvalue weighted by Gasteiger charge is 2.34. The zero-order valence-corrected chi connectivity index (χ0v) is 18.5. The van der Waals surface area contributed by atoms with Crippen molar-refractivity contribution in [2.24, 2.45) is 0 Å². The molecule has 3 rings (SSSR count). The first-order valence-electron chi connectivity index (χ1n) is 10.1. The minimum Gasteiger partial charge on any atom is -0.493 e. The number of sulfonamides is 1. The molecule has 9 heteroatoms. The van der Waals surface area contributed by atoms with Crippen molar-refractivity contribution < 1.29 is 27.1 Å². The van der Waals surface area contributed by atoms with E-state index >= 15 is 0 Å². The Kier molecular flexibility index (Phi) is 7.50. The van der Waals surface area contributed by atoms with Crippen LogP contribution in [0.4, 0.5) is 10.1 Å². The number of rotatable bonds is 8. The maximum Gasteiger partial charge on any atom is 0.243 e. The molecular weight excluding hydrogens is 423 g/mol. The van der Waals surface area contributed by atoms with Gasteiger partial charge in [0.1, 0.15) is 5.82 Å². The summed E-state index contributed by atoms with van der Waals surface area (Å²) >= 11 is 0. The quantitative estimate of drug-likeness (QED) is 0.661. The number of carbonyl (C=O) groups is 1. The van der Waals surface area contributed by atoms with Crippen LogP contribution in [0.1, 0.15) is 32.1 Å². The fourth-order valence-electron chi connectivity index (χ4n) is 3.77. The van der Waals surface area contributed by atoms with Crippen LogP contribution in [0.2, 0.25) is 0 Å². The van der Waals surface area contributed by atoms with E-state index in [1.165, 1.54) is 61.0 Å². The van der Waals surface area contributed by atoms with E-state index in [0.29, 0.717) is 30.0 Å². The van der Waals surface area contributed by atoms with Gasteiger partial charge in [0.15, 0.2) is 11.5 Å². The van der Waals surface area contributed by atoms with Gasteiger partial charge in [0.05, 0.1) is 25.7 Å². The lowest BCUT2D eigenvalue weighted by atomic mass is 9.95. The van der Waals surface area contributed by atoms with Gasteiger partial charge in [-0.25, -0.2) is 12.8 Å². The number of anilines is 1. The van der Waals surface area contributed by atoms with E-state index in [1.807, 2.05) is 0 Å². The first-order valence-corrected chi connectivity index (χ1v) is 11.6. The van der Waals surface area contributed by atoms with E-state index in [-0.39, 0.29) is 17.5 Å². The summed E-state index contributed by atoms with van der Waals surface area (Å²) in [5.74, 6) is -0.193. The topological polar surface area (TPSA) is 84.9 Å². The second-order valence-electron chi connectivity index (χ2n) is 7.41. The Hall–Kier alpha value is -2.65. The number of methoxy groups -OCH3 is 2. The van der Waals surface area contributed by atoms with Gasteiger partial charge < -0.3 is 14.8 Å². The molecule has 1 saturated carbocycles. The van der Waals surface area contributed by atoms with Crippen molar-refractivity contribution in [2.45, 2.75) is 43.0 Å². The monoisotopic (exact) mass is 450 g/mol. The molecule has 2 aromatic rings. The molecule has 1 fully saturated rings. The van der Waals surface area contributed by atoms with Gasteiger partial charge in [-0.05, 0) is 49.2 Å². The first kappa shape index (κ1) is 23.0. The lowest BCUT2D eigenvalue weighted by molar-refractivity contribution is -0.116. The molecule has 1 aliphatic carbocycles. The molecule has 1 amide bonds. The SMILES string of the molecule is COc1ccc(S(=O)(=O)N(CC(=O)Nc2ccc(F)cc2)C2CCCCC2)cc1OC. The van der Waals surface area contributed by atoms with Gasteiger partial charge in [-0.2, -0.15) is 4.31 Å². The molecule has 0 radical (unpaired) electrons. The first-order chi connectivity index (χ1) is 14.8. The van der Waals surface area contributed by atoms with Crippen LogP contribution < -0.4 is 14.8 Å². The normalized spacial score (nSPS) is 15.0. The number of amides is 1. The zero-order valence-electron chi connectivity index (χ0n) is 17.6. The van der Waals surface area contributed by atoms with E-state index < -0.39 is 21.7 Å². The Bertz CT molecular complexity index is 1010. The van der Waals surface area contributed by atoms with E-state index in [0.717, 1.165) is 19.3 Å². The predicted molar refractivity (Wildman–Crippen MR) is 115 cm³/mol. The fraction of sp³-hybridized carbons (Fsp3) is 0.409.